The van der Waals surface area contributed by atoms with Gasteiger partial charge in [-0.2, -0.15) is 4.89 Å². The van der Waals surface area contributed by atoms with Crippen molar-refractivity contribution in [2.24, 2.45) is 0 Å². The minimum absolute atomic E-state index is 2.25. The molecular weight excluding hydrogens is 337 g/mol. The largest absolute Gasteiger partial charge is 0.702 e. The highest BCUT2D eigenvalue weighted by atomic mass is 31.1. The van der Waals surface area contributed by atoms with Crippen LogP contribution in [-0.4, -0.2) is 14.9 Å². The first kappa shape index (κ1) is 17.0. The molecule has 0 aromatic heterocycles. The van der Waals surface area contributed by atoms with Crippen LogP contribution in [0.2, 0.25) is 0 Å². The van der Waals surface area contributed by atoms with Crippen molar-refractivity contribution >= 4 is 16.3 Å². The number of halogens is 5. The van der Waals surface area contributed by atoms with Crippen LogP contribution in [0.4, 0.5) is 22.0 Å². The van der Waals surface area contributed by atoms with Crippen LogP contribution in [0.3, 0.4) is 0 Å². The van der Waals surface area contributed by atoms with E-state index in [2.05, 4.69) is 4.52 Å². The fourth-order valence-corrected chi connectivity index (χ4v) is 2.36. The van der Waals surface area contributed by atoms with Gasteiger partial charge in [0.1, 0.15) is 5.56 Å². The first-order valence-electron chi connectivity index (χ1n) is 4.29. The SMILES string of the molecule is O=[P+](O)OC(O)(c1c(F)c(F)c(F)c(F)c1F)[P+](=O)O. The first-order chi connectivity index (χ1) is 9.04. The minimum Gasteiger partial charge on any atom is -0.317 e. The molecule has 1 rings (SSSR count). The molecule has 20 heavy (non-hydrogen) atoms. The Kier molecular flexibility index (Phi) is 4.86. The lowest BCUT2D eigenvalue weighted by atomic mass is 10.1. The van der Waals surface area contributed by atoms with Gasteiger partial charge < -0.3 is 5.11 Å². The number of benzene rings is 1. The average molecular weight is 340 g/mol. The second-order valence-electron chi connectivity index (χ2n) is 3.16. The molecule has 0 spiro atoms. The zero-order valence-electron chi connectivity index (χ0n) is 8.85. The maximum atomic E-state index is 13.3. The van der Waals surface area contributed by atoms with Crippen molar-refractivity contribution < 1.29 is 50.5 Å². The van der Waals surface area contributed by atoms with Crippen molar-refractivity contribution in [3.05, 3.63) is 34.6 Å². The molecule has 1 aromatic carbocycles. The molecule has 0 heterocycles. The first-order valence-corrected chi connectivity index (χ1v) is 6.64. The monoisotopic (exact) mass is 340 g/mol. The van der Waals surface area contributed by atoms with Crippen molar-refractivity contribution in [1.82, 2.24) is 0 Å². The van der Waals surface area contributed by atoms with E-state index in [1.807, 2.05) is 0 Å². The lowest BCUT2D eigenvalue weighted by molar-refractivity contribution is -0.0799. The van der Waals surface area contributed by atoms with E-state index in [4.69, 9.17) is 9.79 Å². The number of hydrogen-bond acceptors (Lipinski definition) is 4. The van der Waals surface area contributed by atoms with Crippen LogP contribution in [0.1, 0.15) is 5.56 Å². The minimum atomic E-state index is -4.22. The van der Waals surface area contributed by atoms with Crippen molar-refractivity contribution in [3.63, 3.8) is 0 Å². The van der Waals surface area contributed by atoms with Crippen LogP contribution in [0, 0.1) is 29.1 Å². The summed E-state index contributed by atoms with van der Waals surface area (Å²) >= 11 is 0. The molecule has 13 heteroatoms. The van der Waals surface area contributed by atoms with Gasteiger partial charge >= 0.3 is 21.8 Å². The van der Waals surface area contributed by atoms with Gasteiger partial charge in [0.2, 0.25) is 5.82 Å². The number of rotatable bonds is 4. The van der Waals surface area contributed by atoms with Gasteiger partial charge in [-0.1, -0.05) is 0 Å². The van der Waals surface area contributed by atoms with E-state index in [0.29, 0.717) is 0 Å². The summed E-state index contributed by atoms with van der Waals surface area (Å²) in [7, 11) is -8.13. The normalized spacial score (nSPS) is 15.8. The average Bonchev–Trinajstić information content (AvgIpc) is 2.33. The van der Waals surface area contributed by atoms with Gasteiger partial charge in [-0.05, 0) is 9.09 Å². The fourth-order valence-electron chi connectivity index (χ4n) is 1.18. The summed E-state index contributed by atoms with van der Waals surface area (Å²) in [6.45, 7) is 0. The molecule has 0 aliphatic heterocycles. The number of aliphatic hydroxyl groups is 1. The van der Waals surface area contributed by atoms with E-state index in [0.717, 1.165) is 0 Å². The Bertz CT molecular complexity index is 581. The molecule has 3 atom stereocenters. The van der Waals surface area contributed by atoms with E-state index >= 15 is 0 Å². The predicted molar refractivity (Wildman–Crippen MR) is 50.9 cm³/mol. The molecule has 1 aromatic rings. The zero-order chi connectivity index (χ0) is 15.8. The molecule has 0 saturated carbocycles. The van der Waals surface area contributed by atoms with Crippen molar-refractivity contribution in [2.75, 3.05) is 0 Å². The van der Waals surface area contributed by atoms with Crippen LogP contribution >= 0.6 is 16.3 Å². The summed E-state index contributed by atoms with van der Waals surface area (Å²) in [5.74, 6) is -13.0. The standard InChI is InChI=1S/C7HF5O6P2/c8-2-1(3(9)5(11)6(12)4(2)10)7(13,19(14)15)18-20(16)17/h13H/p+2. The maximum absolute atomic E-state index is 13.3. The van der Waals surface area contributed by atoms with E-state index in [1.165, 1.54) is 0 Å². The molecule has 0 radical (unpaired) electrons. The Morgan fingerprint density at radius 1 is 0.850 bits per heavy atom. The van der Waals surface area contributed by atoms with E-state index in [9.17, 15) is 36.2 Å². The predicted octanol–water partition coefficient (Wildman–Crippen LogP) is 1.89. The van der Waals surface area contributed by atoms with Crippen LogP contribution in [0.25, 0.3) is 0 Å². The highest BCUT2D eigenvalue weighted by Gasteiger charge is 2.63. The summed E-state index contributed by atoms with van der Waals surface area (Å²) in [5.41, 5.74) is -6.35. The number of hydrogen-bond donors (Lipinski definition) is 3. The van der Waals surface area contributed by atoms with Gasteiger partial charge in [-0.3, -0.25) is 0 Å². The summed E-state index contributed by atoms with van der Waals surface area (Å²) in [6.07, 6.45) is 0. The van der Waals surface area contributed by atoms with Gasteiger partial charge in [0.25, 0.3) is 0 Å². The molecular formula is C7H3F5O6P2+2. The lowest BCUT2D eigenvalue weighted by Gasteiger charge is -2.12. The third kappa shape index (κ3) is 2.69. The Morgan fingerprint density at radius 3 is 1.50 bits per heavy atom. The third-order valence-corrected chi connectivity index (χ3v) is 3.40. The molecule has 0 bridgehead atoms. The molecule has 3 unspecified atom stereocenters. The Labute approximate surface area is 108 Å². The summed E-state index contributed by atoms with van der Waals surface area (Å²) in [6, 6.07) is 0. The second kappa shape index (κ2) is 5.72. The van der Waals surface area contributed by atoms with E-state index in [-0.39, 0.29) is 0 Å². The summed E-state index contributed by atoms with van der Waals surface area (Å²) in [5, 5.41) is 9.40. The Hall–Kier alpha value is -1.09. The lowest BCUT2D eigenvalue weighted by Crippen LogP contribution is -2.27. The zero-order valence-corrected chi connectivity index (χ0v) is 10.6. The molecule has 3 N–H and O–H groups in total. The van der Waals surface area contributed by atoms with Crippen LogP contribution in [0.15, 0.2) is 0 Å². The van der Waals surface area contributed by atoms with Crippen LogP contribution in [-0.2, 0) is 19.2 Å². The van der Waals surface area contributed by atoms with Gasteiger partial charge in [0, 0.05) is 4.57 Å². The van der Waals surface area contributed by atoms with Crippen LogP contribution in [0.5, 0.6) is 0 Å². The highest BCUT2D eigenvalue weighted by Crippen LogP contribution is 2.50. The highest BCUT2D eigenvalue weighted by molar-refractivity contribution is 7.40. The van der Waals surface area contributed by atoms with Gasteiger partial charge in [-0.15, -0.1) is 4.89 Å². The topological polar surface area (TPSA) is 104 Å². The second-order valence-corrected chi connectivity index (χ2v) is 4.97. The van der Waals surface area contributed by atoms with Crippen molar-refractivity contribution in [2.45, 2.75) is 5.53 Å². The van der Waals surface area contributed by atoms with Crippen molar-refractivity contribution in [3.8, 4) is 0 Å². The van der Waals surface area contributed by atoms with E-state index in [1.54, 1.807) is 0 Å². The molecule has 0 fully saturated rings. The van der Waals surface area contributed by atoms with Crippen LogP contribution < -0.4 is 0 Å². The van der Waals surface area contributed by atoms with E-state index < -0.39 is 56.5 Å². The summed E-state index contributed by atoms with van der Waals surface area (Å²) < 4.78 is 90.0. The van der Waals surface area contributed by atoms with Gasteiger partial charge in [0.15, 0.2) is 23.3 Å². The molecule has 6 nitrogen and oxygen atoms in total. The maximum Gasteiger partial charge on any atom is 0.702 e. The van der Waals surface area contributed by atoms with Gasteiger partial charge in [-0.25, -0.2) is 22.0 Å². The smallest absolute Gasteiger partial charge is 0.317 e. The Morgan fingerprint density at radius 2 is 1.20 bits per heavy atom. The molecule has 0 aliphatic rings. The quantitative estimate of drug-likeness (QED) is 0.254. The summed E-state index contributed by atoms with van der Waals surface area (Å²) in [4.78, 5) is 17.1. The molecule has 110 valence electrons. The Balaban J connectivity index is 3.74. The van der Waals surface area contributed by atoms with Gasteiger partial charge in [0.05, 0.1) is 0 Å². The molecule has 0 amide bonds. The molecule has 0 aliphatic carbocycles. The fraction of sp³-hybridized carbons (Fsp3) is 0.143. The molecule has 0 saturated heterocycles. The third-order valence-electron chi connectivity index (χ3n) is 2.00. The van der Waals surface area contributed by atoms with Crippen molar-refractivity contribution in [1.29, 1.82) is 0 Å².